The van der Waals surface area contributed by atoms with Gasteiger partial charge in [-0.2, -0.15) is 0 Å². The van der Waals surface area contributed by atoms with E-state index >= 15 is 0 Å². The quantitative estimate of drug-likeness (QED) is 0.304. The molecule has 3 rings (SSSR count). The topological polar surface area (TPSA) is 9.23 Å². The van der Waals surface area contributed by atoms with Crippen molar-refractivity contribution in [2.75, 3.05) is 0 Å². The molecule has 1 nitrogen and oxygen atoms in total. The maximum atomic E-state index is 5.94. The molecule has 0 saturated heterocycles. The fourth-order valence-electron chi connectivity index (χ4n) is 4.44. The highest BCUT2D eigenvalue weighted by atomic mass is 16.5. The fraction of sp³-hybridized carbons (Fsp3) is 0.438. The van der Waals surface area contributed by atoms with Crippen LogP contribution in [0.3, 0.4) is 0 Å². The largest absolute Gasteiger partial charge is 0.489 e. The highest BCUT2D eigenvalue weighted by Gasteiger charge is 2.20. The summed E-state index contributed by atoms with van der Waals surface area (Å²) in [6, 6.07) is 28.3. The minimum absolute atomic E-state index is 0.271. The van der Waals surface area contributed by atoms with Gasteiger partial charge in [-0.1, -0.05) is 108 Å². The highest BCUT2D eigenvalue weighted by molar-refractivity contribution is 5.29. The maximum Gasteiger partial charge on any atom is 0.119 e. The first-order valence-electron chi connectivity index (χ1n) is 12.4. The van der Waals surface area contributed by atoms with E-state index in [0.717, 1.165) is 18.6 Å². The van der Waals surface area contributed by atoms with Crippen LogP contribution >= 0.6 is 0 Å². The molecule has 0 fully saturated rings. The van der Waals surface area contributed by atoms with Crippen LogP contribution in [0.15, 0.2) is 78.9 Å². The zero-order chi connectivity index (χ0) is 23.9. The lowest BCUT2D eigenvalue weighted by Gasteiger charge is -2.27. The molecule has 3 aromatic rings. The van der Waals surface area contributed by atoms with Gasteiger partial charge < -0.3 is 4.74 Å². The monoisotopic (exact) mass is 442 g/mol. The van der Waals surface area contributed by atoms with E-state index in [1.165, 1.54) is 35.1 Å². The Morgan fingerprint density at radius 3 is 1.85 bits per heavy atom. The summed E-state index contributed by atoms with van der Waals surface area (Å²) in [6.07, 6.45) is 4.64. The van der Waals surface area contributed by atoms with Crippen molar-refractivity contribution in [3.63, 3.8) is 0 Å². The van der Waals surface area contributed by atoms with Gasteiger partial charge in [-0.3, -0.25) is 0 Å². The molecule has 0 aliphatic heterocycles. The standard InChI is InChI=1S/C32H42O/c1-25(29-16-12-26(13-17-29)22-31(2,3)4)20-21-32(5,6)23-27-14-18-30(19-15-27)33-24-28-10-8-7-9-11-28/h7-19,25H,20-24H2,1-6H3. The van der Waals surface area contributed by atoms with Crippen molar-refractivity contribution in [3.05, 3.63) is 101 Å². The minimum Gasteiger partial charge on any atom is -0.489 e. The van der Waals surface area contributed by atoms with Gasteiger partial charge in [0.2, 0.25) is 0 Å². The van der Waals surface area contributed by atoms with Crippen molar-refractivity contribution in [3.8, 4) is 5.75 Å². The summed E-state index contributed by atoms with van der Waals surface area (Å²) in [5, 5.41) is 0. The SMILES string of the molecule is CC(CCC(C)(C)Cc1ccc(OCc2ccccc2)cc1)c1ccc(CC(C)(C)C)cc1. The third kappa shape index (κ3) is 8.72. The third-order valence-electron chi connectivity index (χ3n) is 6.39. The molecule has 3 aromatic carbocycles. The maximum absolute atomic E-state index is 5.94. The first-order chi connectivity index (χ1) is 15.6. The van der Waals surface area contributed by atoms with E-state index < -0.39 is 0 Å². The van der Waals surface area contributed by atoms with Crippen molar-refractivity contribution in [1.29, 1.82) is 0 Å². The van der Waals surface area contributed by atoms with E-state index in [1.54, 1.807) is 0 Å². The van der Waals surface area contributed by atoms with Gasteiger partial charge in [0.05, 0.1) is 0 Å². The molecule has 0 amide bonds. The predicted octanol–water partition coefficient (Wildman–Crippen LogP) is 9.01. The number of hydrogen-bond donors (Lipinski definition) is 0. The van der Waals surface area contributed by atoms with Crippen LogP contribution in [0.2, 0.25) is 0 Å². The Balaban J connectivity index is 1.48. The molecule has 33 heavy (non-hydrogen) atoms. The van der Waals surface area contributed by atoms with Crippen LogP contribution in [0.1, 0.15) is 82.6 Å². The van der Waals surface area contributed by atoms with Gasteiger partial charge in [0.1, 0.15) is 12.4 Å². The van der Waals surface area contributed by atoms with E-state index in [4.69, 9.17) is 4.74 Å². The van der Waals surface area contributed by atoms with E-state index in [-0.39, 0.29) is 5.41 Å². The molecule has 0 aliphatic rings. The third-order valence-corrected chi connectivity index (χ3v) is 6.39. The van der Waals surface area contributed by atoms with Crippen molar-refractivity contribution < 1.29 is 4.74 Å². The summed E-state index contributed by atoms with van der Waals surface area (Å²) in [5.74, 6) is 1.52. The average molecular weight is 443 g/mol. The summed E-state index contributed by atoms with van der Waals surface area (Å²) < 4.78 is 5.94. The molecule has 1 atom stereocenters. The van der Waals surface area contributed by atoms with Crippen LogP contribution in [0.4, 0.5) is 0 Å². The zero-order valence-corrected chi connectivity index (χ0v) is 21.5. The van der Waals surface area contributed by atoms with Gasteiger partial charge in [0.25, 0.3) is 0 Å². The first-order valence-corrected chi connectivity index (χ1v) is 12.4. The van der Waals surface area contributed by atoms with Gasteiger partial charge in [-0.25, -0.2) is 0 Å². The summed E-state index contributed by atoms with van der Waals surface area (Å²) >= 11 is 0. The van der Waals surface area contributed by atoms with Crippen molar-refractivity contribution in [1.82, 2.24) is 0 Å². The molecule has 1 heteroatoms. The Kier molecular flexibility index (Phi) is 8.40. The second kappa shape index (κ2) is 11.1. The van der Waals surface area contributed by atoms with E-state index in [2.05, 4.69) is 102 Å². The van der Waals surface area contributed by atoms with Gasteiger partial charge in [-0.05, 0) is 76.8 Å². The molecule has 176 valence electrons. The van der Waals surface area contributed by atoms with Crippen molar-refractivity contribution in [2.24, 2.45) is 10.8 Å². The second-order valence-electron chi connectivity index (χ2n) is 11.7. The van der Waals surface area contributed by atoms with Crippen LogP contribution in [-0.2, 0) is 19.4 Å². The summed E-state index contributed by atoms with van der Waals surface area (Å²) in [7, 11) is 0. The number of hydrogen-bond acceptors (Lipinski definition) is 1. The molecular weight excluding hydrogens is 400 g/mol. The smallest absolute Gasteiger partial charge is 0.119 e. The Hall–Kier alpha value is -2.54. The molecule has 0 saturated carbocycles. The Bertz CT molecular complexity index is 960. The molecule has 0 heterocycles. The Morgan fingerprint density at radius 1 is 0.667 bits per heavy atom. The lowest BCUT2D eigenvalue weighted by atomic mass is 9.79. The van der Waals surface area contributed by atoms with Crippen LogP contribution in [-0.4, -0.2) is 0 Å². The van der Waals surface area contributed by atoms with E-state index in [0.29, 0.717) is 17.9 Å². The highest BCUT2D eigenvalue weighted by Crippen LogP contribution is 2.33. The van der Waals surface area contributed by atoms with Crippen LogP contribution in [0.25, 0.3) is 0 Å². The molecular formula is C32H42O. The van der Waals surface area contributed by atoms with E-state index in [9.17, 15) is 0 Å². The first kappa shape index (κ1) is 25.1. The summed E-state index contributed by atoms with van der Waals surface area (Å²) in [5.41, 5.74) is 6.08. The van der Waals surface area contributed by atoms with Crippen molar-refractivity contribution >= 4 is 0 Å². The number of ether oxygens (including phenoxy) is 1. The Morgan fingerprint density at radius 2 is 1.24 bits per heavy atom. The predicted molar refractivity (Wildman–Crippen MR) is 142 cm³/mol. The molecule has 1 unspecified atom stereocenters. The molecule has 0 N–H and O–H groups in total. The van der Waals surface area contributed by atoms with Gasteiger partial charge in [-0.15, -0.1) is 0 Å². The van der Waals surface area contributed by atoms with E-state index in [1.807, 2.05) is 18.2 Å². The Labute approximate surface area is 202 Å². The molecule has 0 aliphatic carbocycles. The summed E-state index contributed by atoms with van der Waals surface area (Å²) in [4.78, 5) is 0. The van der Waals surface area contributed by atoms with Gasteiger partial charge in [0, 0.05) is 0 Å². The number of rotatable bonds is 10. The lowest BCUT2D eigenvalue weighted by Crippen LogP contribution is -2.16. The number of benzene rings is 3. The molecule has 0 bridgehead atoms. The zero-order valence-electron chi connectivity index (χ0n) is 21.5. The average Bonchev–Trinajstić information content (AvgIpc) is 2.77. The normalized spacial score (nSPS) is 13.0. The lowest BCUT2D eigenvalue weighted by molar-refractivity contribution is 0.304. The second-order valence-corrected chi connectivity index (χ2v) is 11.7. The van der Waals surface area contributed by atoms with Crippen LogP contribution in [0.5, 0.6) is 5.75 Å². The van der Waals surface area contributed by atoms with Crippen molar-refractivity contribution in [2.45, 2.75) is 79.8 Å². The van der Waals surface area contributed by atoms with Gasteiger partial charge >= 0.3 is 0 Å². The summed E-state index contributed by atoms with van der Waals surface area (Å²) in [6.45, 7) is 14.7. The van der Waals surface area contributed by atoms with Crippen LogP contribution in [0, 0.1) is 10.8 Å². The molecule has 0 aromatic heterocycles. The van der Waals surface area contributed by atoms with Gasteiger partial charge in [0.15, 0.2) is 0 Å². The fourth-order valence-corrected chi connectivity index (χ4v) is 4.44. The van der Waals surface area contributed by atoms with Crippen LogP contribution < -0.4 is 4.74 Å². The molecule has 0 radical (unpaired) electrons. The molecule has 0 spiro atoms. The minimum atomic E-state index is 0.271.